The van der Waals surface area contributed by atoms with Gasteiger partial charge in [-0.25, -0.2) is 9.18 Å². The molecule has 0 saturated heterocycles. The first-order chi connectivity index (χ1) is 9.90. The zero-order valence-corrected chi connectivity index (χ0v) is 12.3. The van der Waals surface area contributed by atoms with Gasteiger partial charge in [0.1, 0.15) is 5.75 Å². The monoisotopic (exact) mass is 329 g/mol. The summed E-state index contributed by atoms with van der Waals surface area (Å²) in [6.07, 6.45) is 0. The third-order valence-corrected chi connectivity index (χ3v) is 3.01. The molecule has 0 aliphatic rings. The molecule has 21 heavy (non-hydrogen) atoms. The first kappa shape index (κ1) is 15.4. The van der Waals surface area contributed by atoms with Crippen molar-refractivity contribution in [1.82, 2.24) is 0 Å². The quantitative estimate of drug-likeness (QED) is 0.673. The summed E-state index contributed by atoms with van der Waals surface area (Å²) in [4.78, 5) is 11.5. The molecule has 0 atom stereocenters. The van der Waals surface area contributed by atoms with Crippen molar-refractivity contribution in [2.24, 2.45) is 0 Å². The number of benzene rings is 2. The van der Waals surface area contributed by atoms with Crippen LogP contribution < -0.4 is 10.5 Å². The molecule has 4 nitrogen and oxygen atoms in total. The fourth-order valence-electron chi connectivity index (χ4n) is 1.65. The number of halogens is 3. The summed E-state index contributed by atoms with van der Waals surface area (Å²) in [6.45, 7) is 0. The minimum absolute atomic E-state index is 0.00188. The van der Waals surface area contributed by atoms with Crippen molar-refractivity contribution in [1.29, 1.82) is 0 Å². The average molecular weight is 330 g/mol. The number of carbonyl (C=O) groups is 1. The van der Waals surface area contributed by atoms with Crippen LogP contribution in [0.15, 0.2) is 30.3 Å². The van der Waals surface area contributed by atoms with Crippen molar-refractivity contribution >= 4 is 34.9 Å². The number of nitrogens with two attached hydrogens (primary N) is 1. The van der Waals surface area contributed by atoms with Crippen LogP contribution in [0.4, 0.5) is 10.1 Å². The van der Waals surface area contributed by atoms with Crippen LogP contribution in [0.5, 0.6) is 11.5 Å². The minimum atomic E-state index is -0.726. The Morgan fingerprint density at radius 2 is 1.76 bits per heavy atom. The zero-order chi connectivity index (χ0) is 15.6. The number of nitrogen functional groups attached to an aromatic ring is 1. The predicted octanol–water partition coefficient (Wildman–Crippen LogP) is 4.29. The number of rotatable bonds is 3. The molecule has 7 heteroatoms. The molecule has 0 unspecified atom stereocenters. The fraction of sp³-hybridized carbons (Fsp3) is 0.0714. The molecule has 0 saturated carbocycles. The van der Waals surface area contributed by atoms with E-state index in [2.05, 4.69) is 4.74 Å². The smallest absolute Gasteiger partial charge is 0.340 e. The third kappa shape index (κ3) is 3.56. The van der Waals surface area contributed by atoms with Crippen molar-refractivity contribution in [2.75, 3.05) is 12.8 Å². The summed E-state index contributed by atoms with van der Waals surface area (Å²) in [5.74, 6) is -1.38. The lowest BCUT2D eigenvalue weighted by atomic mass is 10.1. The van der Waals surface area contributed by atoms with E-state index in [1.54, 1.807) is 0 Å². The molecule has 0 aliphatic carbocycles. The third-order valence-electron chi connectivity index (χ3n) is 2.57. The summed E-state index contributed by atoms with van der Waals surface area (Å²) in [6, 6.07) is 6.57. The van der Waals surface area contributed by atoms with Crippen LogP contribution in [-0.2, 0) is 4.74 Å². The van der Waals surface area contributed by atoms with Gasteiger partial charge in [0.05, 0.1) is 12.7 Å². The maximum atomic E-state index is 13.9. The van der Waals surface area contributed by atoms with Crippen molar-refractivity contribution in [2.45, 2.75) is 0 Å². The highest BCUT2D eigenvalue weighted by atomic mass is 35.5. The number of hydrogen-bond donors (Lipinski definition) is 1. The van der Waals surface area contributed by atoms with Crippen molar-refractivity contribution in [3.63, 3.8) is 0 Å². The van der Waals surface area contributed by atoms with Gasteiger partial charge in [-0.2, -0.15) is 0 Å². The lowest BCUT2D eigenvalue weighted by molar-refractivity contribution is 0.0601. The Morgan fingerprint density at radius 3 is 2.33 bits per heavy atom. The van der Waals surface area contributed by atoms with E-state index < -0.39 is 11.8 Å². The standard InChI is InChI=1S/C14H10Cl2FNO3/c1-20-14(19)10-5-13(11(17)6-12(10)18)21-9-3-7(15)2-8(16)4-9/h2-6H,18H2,1H3. The summed E-state index contributed by atoms with van der Waals surface area (Å²) in [5.41, 5.74) is 5.53. The van der Waals surface area contributed by atoms with E-state index in [0.29, 0.717) is 10.0 Å². The second-order valence-corrected chi connectivity index (χ2v) is 4.94. The largest absolute Gasteiger partial charge is 0.465 e. The fourth-order valence-corrected chi connectivity index (χ4v) is 2.15. The maximum absolute atomic E-state index is 13.9. The van der Waals surface area contributed by atoms with Gasteiger partial charge in [-0.3, -0.25) is 0 Å². The second kappa shape index (κ2) is 6.20. The lowest BCUT2D eigenvalue weighted by Gasteiger charge is -2.11. The summed E-state index contributed by atoms with van der Waals surface area (Å²) in [5, 5.41) is 0.670. The van der Waals surface area contributed by atoms with Gasteiger partial charge in [0.25, 0.3) is 0 Å². The first-order valence-electron chi connectivity index (χ1n) is 5.72. The number of esters is 1. The number of anilines is 1. The molecule has 0 bridgehead atoms. The molecule has 0 amide bonds. The van der Waals surface area contributed by atoms with Crippen molar-refractivity contribution < 1.29 is 18.7 Å². The van der Waals surface area contributed by atoms with Crippen LogP contribution in [0, 0.1) is 5.82 Å². The van der Waals surface area contributed by atoms with Gasteiger partial charge in [0.15, 0.2) is 11.6 Å². The van der Waals surface area contributed by atoms with Gasteiger partial charge in [-0.15, -0.1) is 0 Å². The zero-order valence-electron chi connectivity index (χ0n) is 10.8. The Kier molecular flexibility index (Phi) is 4.55. The molecule has 0 spiro atoms. The second-order valence-electron chi connectivity index (χ2n) is 4.07. The van der Waals surface area contributed by atoms with E-state index in [-0.39, 0.29) is 22.7 Å². The molecule has 0 aliphatic heterocycles. The van der Waals surface area contributed by atoms with E-state index in [0.717, 1.165) is 12.1 Å². The Labute approximate surface area is 130 Å². The molecule has 2 rings (SSSR count). The van der Waals surface area contributed by atoms with Crippen LogP contribution in [0.1, 0.15) is 10.4 Å². The topological polar surface area (TPSA) is 61.5 Å². The highest BCUT2D eigenvalue weighted by Crippen LogP contribution is 2.32. The van der Waals surface area contributed by atoms with Crippen molar-refractivity contribution in [3.8, 4) is 11.5 Å². The highest BCUT2D eigenvalue weighted by molar-refractivity contribution is 6.34. The molecule has 0 radical (unpaired) electrons. The maximum Gasteiger partial charge on any atom is 0.340 e. The van der Waals surface area contributed by atoms with Crippen LogP contribution in [0.2, 0.25) is 10.0 Å². The van der Waals surface area contributed by atoms with Crippen LogP contribution in [0.3, 0.4) is 0 Å². The Hall–Kier alpha value is -1.98. The minimum Gasteiger partial charge on any atom is -0.465 e. The molecule has 2 aromatic rings. The normalized spacial score (nSPS) is 10.3. The van der Waals surface area contributed by atoms with E-state index >= 15 is 0 Å². The summed E-state index contributed by atoms with van der Waals surface area (Å²) >= 11 is 11.7. The Bertz CT molecular complexity index is 687. The highest BCUT2D eigenvalue weighted by Gasteiger charge is 2.16. The predicted molar refractivity (Wildman–Crippen MR) is 78.7 cm³/mol. The first-order valence-corrected chi connectivity index (χ1v) is 6.47. The van der Waals surface area contributed by atoms with Crippen LogP contribution in [-0.4, -0.2) is 13.1 Å². The number of ether oxygens (including phenoxy) is 2. The summed E-state index contributed by atoms with van der Waals surface area (Å²) in [7, 11) is 1.20. The van der Waals surface area contributed by atoms with E-state index in [9.17, 15) is 9.18 Å². The molecule has 0 heterocycles. The SMILES string of the molecule is COC(=O)c1cc(Oc2cc(Cl)cc(Cl)c2)c(F)cc1N. The van der Waals surface area contributed by atoms with Gasteiger partial charge >= 0.3 is 5.97 Å². The van der Waals surface area contributed by atoms with Gasteiger partial charge in [0.2, 0.25) is 0 Å². The molecular formula is C14H10Cl2FNO3. The van der Waals surface area contributed by atoms with Gasteiger partial charge in [-0.1, -0.05) is 23.2 Å². The average Bonchev–Trinajstić information content (AvgIpc) is 2.40. The number of carbonyl (C=O) groups excluding carboxylic acids is 1. The van der Waals surface area contributed by atoms with E-state index in [1.165, 1.54) is 25.3 Å². The number of methoxy groups -OCH3 is 1. The molecule has 110 valence electrons. The van der Waals surface area contributed by atoms with Gasteiger partial charge in [-0.05, 0) is 18.2 Å². The van der Waals surface area contributed by atoms with Gasteiger partial charge in [0, 0.05) is 27.9 Å². The lowest BCUT2D eigenvalue weighted by Crippen LogP contribution is -2.06. The molecule has 0 aromatic heterocycles. The molecule has 2 aromatic carbocycles. The molecular weight excluding hydrogens is 320 g/mol. The van der Waals surface area contributed by atoms with Crippen LogP contribution in [0.25, 0.3) is 0 Å². The van der Waals surface area contributed by atoms with Gasteiger partial charge < -0.3 is 15.2 Å². The van der Waals surface area contributed by atoms with Crippen molar-refractivity contribution in [3.05, 3.63) is 51.8 Å². The molecule has 2 N–H and O–H groups in total. The Balaban J connectivity index is 2.41. The van der Waals surface area contributed by atoms with E-state index in [1.807, 2.05) is 0 Å². The van der Waals surface area contributed by atoms with E-state index in [4.69, 9.17) is 33.7 Å². The summed E-state index contributed by atoms with van der Waals surface area (Å²) < 4.78 is 23.8. The molecule has 0 fully saturated rings. The number of hydrogen-bond acceptors (Lipinski definition) is 4. The Morgan fingerprint density at radius 1 is 1.14 bits per heavy atom. The van der Waals surface area contributed by atoms with Crippen LogP contribution >= 0.6 is 23.2 Å².